The number of hydrogen-bond acceptors (Lipinski definition) is 6. The number of amides is 2. The van der Waals surface area contributed by atoms with Crippen molar-refractivity contribution in [1.29, 1.82) is 0 Å². The maximum Gasteiger partial charge on any atom is 0.408 e. The van der Waals surface area contributed by atoms with Gasteiger partial charge < -0.3 is 19.9 Å². The van der Waals surface area contributed by atoms with Gasteiger partial charge in [-0.25, -0.2) is 9.18 Å². The molecule has 280 valence electrons. The van der Waals surface area contributed by atoms with Gasteiger partial charge in [-0.1, -0.05) is 90.8 Å². The number of piperazine rings is 1. The van der Waals surface area contributed by atoms with Crippen molar-refractivity contribution in [2.24, 2.45) is 5.92 Å². The van der Waals surface area contributed by atoms with Gasteiger partial charge in [-0.05, 0) is 96.6 Å². The van der Waals surface area contributed by atoms with Gasteiger partial charge in [-0.15, -0.1) is 11.8 Å². The van der Waals surface area contributed by atoms with Crippen LogP contribution in [0.3, 0.4) is 0 Å². The molecule has 2 amide bonds. The number of piperidine rings is 1. The number of nitrogens with one attached hydrogen (secondary N) is 1. The van der Waals surface area contributed by atoms with Gasteiger partial charge in [0, 0.05) is 59.8 Å². The second-order valence-corrected chi connectivity index (χ2v) is 15.8. The van der Waals surface area contributed by atoms with Gasteiger partial charge >= 0.3 is 6.09 Å². The van der Waals surface area contributed by atoms with Crippen molar-refractivity contribution in [3.63, 3.8) is 0 Å². The van der Waals surface area contributed by atoms with Crippen LogP contribution in [-0.4, -0.2) is 84.3 Å². The smallest absolute Gasteiger partial charge is 0.408 e. The highest BCUT2D eigenvalue weighted by Crippen LogP contribution is 2.33. The molecular weight excluding hydrogens is 730 g/mol. The molecule has 0 radical (unpaired) electrons. The Morgan fingerprint density at radius 2 is 1.58 bits per heavy atom. The fraction of sp³-hybridized carbons (Fsp3) is 0.381. The van der Waals surface area contributed by atoms with E-state index in [-0.39, 0.29) is 24.2 Å². The van der Waals surface area contributed by atoms with E-state index in [9.17, 15) is 14.0 Å². The highest BCUT2D eigenvalue weighted by molar-refractivity contribution is 7.99. The molecule has 0 aliphatic carbocycles. The van der Waals surface area contributed by atoms with Crippen LogP contribution in [-0.2, 0) is 29.1 Å². The Hall–Kier alpha value is -3.60. The number of thioether (sulfide) groups is 1. The minimum Gasteiger partial charge on any atom is -0.445 e. The van der Waals surface area contributed by atoms with Crippen molar-refractivity contribution in [1.82, 2.24) is 20.0 Å². The number of hydrogen-bond donors (Lipinski definition) is 1. The van der Waals surface area contributed by atoms with E-state index >= 15 is 0 Å². The zero-order valence-corrected chi connectivity index (χ0v) is 32.4. The molecule has 0 saturated carbocycles. The molecule has 2 fully saturated rings. The largest absolute Gasteiger partial charge is 0.445 e. The Kier molecular flexibility index (Phi) is 14.1. The van der Waals surface area contributed by atoms with Crippen LogP contribution in [0.5, 0.6) is 0 Å². The number of benzene rings is 4. The summed E-state index contributed by atoms with van der Waals surface area (Å²) in [5.74, 6) is 0.549. The maximum atomic E-state index is 14.2. The summed E-state index contributed by atoms with van der Waals surface area (Å²) < 4.78 is 19.5. The second-order valence-electron chi connectivity index (χ2n) is 13.7. The van der Waals surface area contributed by atoms with Crippen LogP contribution < -0.4 is 5.32 Å². The van der Waals surface area contributed by atoms with Gasteiger partial charge in [0.15, 0.2) is 0 Å². The van der Waals surface area contributed by atoms with E-state index in [4.69, 9.17) is 27.9 Å². The fourth-order valence-electron chi connectivity index (χ4n) is 7.29. The molecule has 0 unspecified atom stereocenters. The number of alkyl carbamates (subject to hydrolysis) is 1. The summed E-state index contributed by atoms with van der Waals surface area (Å²) in [6, 6.07) is 27.7. The number of halogens is 3. The van der Waals surface area contributed by atoms with Crippen molar-refractivity contribution in [2.45, 2.75) is 50.3 Å². The molecule has 0 spiro atoms. The summed E-state index contributed by atoms with van der Waals surface area (Å²) in [7, 11) is 0. The van der Waals surface area contributed by atoms with Gasteiger partial charge in [-0.3, -0.25) is 9.69 Å². The van der Waals surface area contributed by atoms with E-state index < -0.39 is 12.1 Å². The van der Waals surface area contributed by atoms with Crippen LogP contribution in [0.25, 0.3) is 11.1 Å². The lowest BCUT2D eigenvalue weighted by molar-refractivity contribution is -0.137. The Morgan fingerprint density at radius 3 is 2.32 bits per heavy atom. The van der Waals surface area contributed by atoms with Crippen molar-refractivity contribution < 1.29 is 18.7 Å². The van der Waals surface area contributed by atoms with E-state index in [1.165, 1.54) is 6.07 Å². The average Bonchev–Trinajstić information content (AvgIpc) is 3.17. The van der Waals surface area contributed by atoms with E-state index in [0.717, 1.165) is 77.4 Å². The van der Waals surface area contributed by atoms with E-state index in [2.05, 4.69) is 22.0 Å². The lowest BCUT2D eigenvalue weighted by Crippen LogP contribution is -2.58. The first-order chi connectivity index (χ1) is 25.8. The van der Waals surface area contributed by atoms with Crippen molar-refractivity contribution in [2.75, 3.05) is 51.6 Å². The minimum absolute atomic E-state index is 0.0289. The number of carbonyl (C=O) groups is 2. The first-order valence-electron chi connectivity index (χ1n) is 18.4. The molecule has 7 nitrogen and oxygen atoms in total. The third-order valence-electron chi connectivity index (χ3n) is 10.2. The highest BCUT2D eigenvalue weighted by Gasteiger charge is 2.36. The molecule has 4 aromatic carbocycles. The van der Waals surface area contributed by atoms with Gasteiger partial charge in [0.2, 0.25) is 5.91 Å². The SMILES string of the molecule is CCSc1cc(F)ccc1CN1CCN(C(=O)[C@H](NC(=O)OCc2ccccc2)C2CCN(CCc3cc(Cl)ccc3-c3ccccc3Cl)CC2)CC1. The normalized spacial score (nSPS) is 16.3. The summed E-state index contributed by atoms with van der Waals surface area (Å²) >= 11 is 14.6. The standard InChI is InChI=1S/C42H47Cl2FN4O3S/c1-2-53-39-27-35(45)14-12-33(39)28-48-22-24-49(25-23-48)41(50)40(46-42(51)52-29-30-8-4-3-5-9-30)31-16-19-47(20-17-31)21-18-32-26-34(43)13-15-36(32)37-10-6-7-11-38(37)44/h3-15,26-27,31,40H,2,16-25,28-29H2,1H3,(H,46,51)/t40-/m1/s1. The van der Waals surface area contributed by atoms with Crippen LogP contribution in [0.15, 0.2) is 95.9 Å². The third-order valence-corrected chi connectivity index (χ3v) is 11.7. The van der Waals surface area contributed by atoms with Crippen molar-refractivity contribution in [3.05, 3.63) is 124 Å². The zero-order chi connectivity index (χ0) is 37.2. The predicted molar refractivity (Wildman–Crippen MR) is 213 cm³/mol. The number of carbonyl (C=O) groups excluding carboxylic acids is 2. The monoisotopic (exact) mass is 776 g/mol. The second kappa shape index (κ2) is 19.1. The van der Waals surface area contributed by atoms with Crippen molar-refractivity contribution in [3.8, 4) is 11.1 Å². The molecule has 1 N–H and O–H groups in total. The lowest BCUT2D eigenvalue weighted by Gasteiger charge is -2.40. The van der Waals surface area contributed by atoms with Crippen LogP contribution in [0.1, 0.15) is 36.5 Å². The first kappa shape index (κ1) is 39.1. The van der Waals surface area contributed by atoms with Crippen LogP contribution >= 0.6 is 35.0 Å². The quantitative estimate of drug-likeness (QED) is 0.137. The molecule has 1 atom stereocenters. The molecule has 53 heavy (non-hydrogen) atoms. The molecule has 2 aliphatic heterocycles. The highest BCUT2D eigenvalue weighted by atomic mass is 35.5. The Labute approximate surface area is 326 Å². The number of ether oxygens (including phenoxy) is 1. The van der Waals surface area contributed by atoms with Crippen LogP contribution in [0, 0.1) is 11.7 Å². The van der Waals surface area contributed by atoms with Gasteiger partial charge in [0.25, 0.3) is 0 Å². The first-order valence-corrected chi connectivity index (χ1v) is 20.2. The Bertz CT molecular complexity index is 1830. The Balaban J connectivity index is 1.08. The molecule has 4 aromatic rings. The van der Waals surface area contributed by atoms with Crippen molar-refractivity contribution >= 4 is 47.0 Å². The average molecular weight is 778 g/mol. The van der Waals surface area contributed by atoms with Gasteiger partial charge in [0.1, 0.15) is 18.5 Å². The predicted octanol–water partition coefficient (Wildman–Crippen LogP) is 8.81. The molecule has 2 aliphatic rings. The van der Waals surface area contributed by atoms with Gasteiger partial charge in [0.05, 0.1) is 0 Å². The zero-order valence-electron chi connectivity index (χ0n) is 30.1. The summed E-state index contributed by atoms with van der Waals surface area (Å²) in [4.78, 5) is 35.0. The third kappa shape index (κ3) is 10.8. The molecular formula is C42H47Cl2FN4O3S. The number of rotatable bonds is 13. The van der Waals surface area contributed by atoms with E-state index in [1.807, 2.05) is 83.8 Å². The maximum absolute atomic E-state index is 14.2. The summed E-state index contributed by atoms with van der Waals surface area (Å²) in [6.07, 6.45) is 1.76. The fourth-order valence-corrected chi connectivity index (χ4v) is 8.54. The van der Waals surface area contributed by atoms with Crippen LogP contribution in [0.4, 0.5) is 9.18 Å². The summed E-state index contributed by atoms with van der Waals surface area (Å²) in [6.45, 7) is 7.85. The molecule has 0 aromatic heterocycles. The lowest BCUT2D eigenvalue weighted by atomic mass is 9.88. The number of likely N-dealkylation sites (tertiary alicyclic amines) is 1. The van der Waals surface area contributed by atoms with E-state index in [0.29, 0.717) is 42.8 Å². The molecule has 0 bridgehead atoms. The van der Waals surface area contributed by atoms with Gasteiger partial charge in [-0.2, -0.15) is 0 Å². The molecule has 11 heteroatoms. The minimum atomic E-state index is -0.684. The summed E-state index contributed by atoms with van der Waals surface area (Å²) in [5.41, 5.74) is 5.19. The molecule has 6 rings (SSSR count). The van der Waals surface area contributed by atoms with Crippen LogP contribution in [0.2, 0.25) is 10.0 Å². The van der Waals surface area contributed by atoms with E-state index in [1.54, 1.807) is 17.8 Å². The number of nitrogens with zero attached hydrogens (tertiary/aromatic N) is 3. The summed E-state index contributed by atoms with van der Waals surface area (Å²) in [5, 5.41) is 4.39. The molecule has 2 saturated heterocycles. The molecule has 2 heterocycles. The Morgan fingerprint density at radius 1 is 0.849 bits per heavy atom. The topological polar surface area (TPSA) is 65.1 Å².